The topological polar surface area (TPSA) is 64.4 Å². The molecule has 0 saturated carbocycles. The number of benzene rings is 2. The first kappa shape index (κ1) is 15.3. The number of hydrogen-bond acceptors (Lipinski definition) is 4. The first-order valence-corrected chi connectivity index (χ1v) is 7.35. The van der Waals surface area contributed by atoms with Crippen LogP contribution in [-0.4, -0.2) is 11.5 Å². The molecule has 1 N–H and O–H groups in total. The molecule has 0 amide bonds. The van der Waals surface area contributed by atoms with E-state index in [0.29, 0.717) is 17.2 Å². The van der Waals surface area contributed by atoms with Crippen LogP contribution in [0.15, 0.2) is 46.9 Å². The van der Waals surface area contributed by atoms with E-state index < -0.39 is 4.92 Å². The smallest absolute Gasteiger partial charge is 0.275 e. The van der Waals surface area contributed by atoms with Crippen LogP contribution in [0.4, 0.5) is 11.4 Å². The highest BCUT2D eigenvalue weighted by Crippen LogP contribution is 2.33. The number of para-hydroxylation sites is 1. The molecule has 5 nitrogen and oxygen atoms in total. The fourth-order valence-corrected chi connectivity index (χ4v) is 2.14. The lowest BCUT2D eigenvalue weighted by molar-refractivity contribution is -0.384. The van der Waals surface area contributed by atoms with Crippen molar-refractivity contribution in [3.05, 3.63) is 57.1 Å². The molecule has 0 heterocycles. The van der Waals surface area contributed by atoms with Crippen molar-refractivity contribution in [1.29, 1.82) is 0 Å². The number of anilines is 1. The average Bonchev–Trinajstić information content (AvgIpc) is 2.47. The monoisotopic (exact) mass is 350 g/mol. The number of nitrogens with one attached hydrogen (secondary N) is 1. The summed E-state index contributed by atoms with van der Waals surface area (Å²) in [6.07, 6.45) is 0.934. The number of non-ortho nitro benzene ring substituents is 1. The molecule has 0 aliphatic carbocycles. The van der Waals surface area contributed by atoms with Crippen LogP contribution in [-0.2, 0) is 0 Å². The summed E-state index contributed by atoms with van der Waals surface area (Å²) in [6.45, 7) is 2.78. The van der Waals surface area contributed by atoms with Gasteiger partial charge in [-0.1, -0.05) is 19.1 Å². The molecule has 0 bridgehead atoms. The Hall–Kier alpha value is -2.08. The minimum absolute atomic E-state index is 0.00171. The van der Waals surface area contributed by atoms with Gasteiger partial charge >= 0.3 is 0 Å². The van der Waals surface area contributed by atoms with Crippen molar-refractivity contribution in [2.75, 3.05) is 11.9 Å². The highest BCUT2D eigenvalue weighted by atomic mass is 79.9. The number of nitro groups is 1. The van der Waals surface area contributed by atoms with E-state index in [9.17, 15) is 10.1 Å². The molecule has 0 aliphatic rings. The van der Waals surface area contributed by atoms with Gasteiger partial charge in [-0.2, -0.15) is 0 Å². The molecule has 0 aromatic heterocycles. The molecular formula is C15H15BrN2O3. The van der Waals surface area contributed by atoms with Gasteiger partial charge in [-0.05, 0) is 34.5 Å². The van der Waals surface area contributed by atoms with Crippen LogP contribution in [0, 0.1) is 10.1 Å². The van der Waals surface area contributed by atoms with Crippen molar-refractivity contribution in [3.63, 3.8) is 0 Å². The Balaban J connectivity index is 2.31. The summed E-state index contributed by atoms with van der Waals surface area (Å²) >= 11 is 3.39. The largest absolute Gasteiger partial charge is 0.456 e. The second-order valence-electron chi connectivity index (χ2n) is 4.43. The second-order valence-corrected chi connectivity index (χ2v) is 5.29. The van der Waals surface area contributed by atoms with Gasteiger partial charge in [0.05, 0.1) is 15.5 Å². The Labute approximate surface area is 131 Å². The molecule has 2 aromatic carbocycles. The van der Waals surface area contributed by atoms with E-state index in [-0.39, 0.29) is 5.69 Å². The average molecular weight is 351 g/mol. The SMILES string of the molecule is CCCNc1cc(Oc2ccccc2Br)cc([N+](=O)[O-])c1. The molecule has 0 fully saturated rings. The van der Waals surface area contributed by atoms with Gasteiger partial charge in [0, 0.05) is 24.4 Å². The number of rotatable bonds is 6. The number of ether oxygens (including phenoxy) is 1. The lowest BCUT2D eigenvalue weighted by atomic mass is 10.2. The maximum atomic E-state index is 11.0. The molecule has 0 aliphatic heterocycles. The molecule has 0 saturated heterocycles. The standard InChI is InChI=1S/C15H15BrN2O3/c1-2-7-17-11-8-12(18(19)20)10-13(9-11)21-15-6-4-3-5-14(15)16/h3-6,8-10,17H,2,7H2,1H3. The number of nitro benzene ring substituents is 1. The minimum atomic E-state index is -0.427. The van der Waals surface area contributed by atoms with Crippen molar-refractivity contribution in [2.45, 2.75) is 13.3 Å². The molecule has 21 heavy (non-hydrogen) atoms. The molecule has 0 spiro atoms. The second kappa shape index (κ2) is 7.08. The van der Waals surface area contributed by atoms with Gasteiger partial charge in [0.15, 0.2) is 0 Å². The van der Waals surface area contributed by atoms with Crippen LogP contribution < -0.4 is 10.1 Å². The van der Waals surface area contributed by atoms with Crippen LogP contribution in [0.1, 0.15) is 13.3 Å². The predicted molar refractivity (Wildman–Crippen MR) is 86.1 cm³/mol. The Kier molecular flexibility index (Phi) is 5.16. The zero-order valence-electron chi connectivity index (χ0n) is 11.5. The fraction of sp³-hybridized carbons (Fsp3) is 0.200. The summed E-state index contributed by atoms with van der Waals surface area (Å²) < 4.78 is 6.52. The highest BCUT2D eigenvalue weighted by Gasteiger charge is 2.12. The maximum Gasteiger partial charge on any atom is 0.275 e. The molecule has 110 valence electrons. The Morgan fingerprint density at radius 3 is 2.71 bits per heavy atom. The minimum Gasteiger partial charge on any atom is -0.456 e. The summed E-state index contributed by atoms with van der Waals surface area (Å²) in [5.41, 5.74) is 0.672. The summed E-state index contributed by atoms with van der Waals surface area (Å²) in [5.74, 6) is 1.04. The predicted octanol–water partition coefficient (Wildman–Crippen LogP) is 4.97. The van der Waals surface area contributed by atoms with Gasteiger partial charge in [0.2, 0.25) is 0 Å². The third kappa shape index (κ3) is 4.19. The van der Waals surface area contributed by atoms with E-state index >= 15 is 0 Å². The molecular weight excluding hydrogens is 336 g/mol. The molecule has 0 unspecified atom stereocenters. The van der Waals surface area contributed by atoms with Crippen molar-refractivity contribution in [3.8, 4) is 11.5 Å². The van der Waals surface area contributed by atoms with E-state index in [1.165, 1.54) is 12.1 Å². The zero-order valence-corrected chi connectivity index (χ0v) is 13.1. The Bertz CT molecular complexity index is 647. The Morgan fingerprint density at radius 1 is 1.29 bits per heavy atom. The van der Waals surface area contributed by atoms with Crippen molar-refractivity contribution in [1.82, 2.24) is 0 Å². The Morgan fingerprint density at radius 2 is 2.05 bits per heavy atom. The summed E-state index contributed by atoms with van der Waals surface area (Å²) in [4.78, 5) is 10.6. The van der Waals surface area contributed by atoms with Gasteiger partial charge in [-0.3, -0.25) is 10.1 Å². The first-order valence-electron chi connectivity index (χ1n) is 6.56. The van der Waals surface area contributed by atoms with Crippen LogP contribution in [0.25, 0.3) is 0 Å². The highest BCUT2D eigenvalue weighted by molar-refractivity contribution is 9.10. The van der Waals surface area contributed by atoms with E-state index in [2.05, 4.69) is 21.2 Å². The van der Waals surface area contributed by atoms with Crippen LogP contribution >= 0.6 is 15.9 Å². The van der Waals surface area contributed by atoms with E-state index in [1.54, 1.807) is 12.1 Å². The van der Waals surface area contributed by atoms with Crippen LogP contribution in [0.3, 0.4) is 0 Å². The number of hydrogen-bond donors (Lipinski definition) is 1. The number of nitrogens with zero attached hydrogens (tertiary/aromatic N) is 1. The lowest BCUT2D eigenvalue weighted by Gasteiger charge is -2.10. The molecule has 0 atom stereocenters. The summed E-state index contributed by atoms with van der Waals surface area (Å²) in [7, 11) is 0. The molecule has 2 rings (SSSR count). The number of halogens is 1. The first-order chi connectivity index (χ1) is 10.1. The normalized spacial score (nSPS) is 10.2. The zero-order chi connectivity index (χ0) is 15.2. The summed E-state index contributed by atoms with van der Waals surface area (Å²) in [6, 6.07) is 12.0. The molecule has 6 heteroatoms. The quantitative estimate of drug-likeness (QED) is 0.589. The van der Waals surface area contributed by atoms with E-state index in [4.69, 9.17) is 4.74 Å². The van der Waals surface area contributed by atoms with Gasteiger partial charge in [0.1, 0.15) is 11.5 Å². The van der Waals surface area contributed by atoms with Crippen molar-refractivity contribution in [2.24, 2.45) is 0 Å². The fourth-order valence-electron chi connectivity index (χ4n) is 1.77. The van der Waals surface area contributed by atoms with Gasteiger partial charge in [0.25, 0.3) is 5.69 Å². The molecule has 0 radical (unpaired) electrons. The van der Waals surface area contributed by atoms with Gasteiger partial charge in [-0.25, -0.2) is 0 Å². The third-order valence-corrected chi connectivity index (χ3v) is 3.40. The van der Waals surface area contributed by atoms with E-state index in [1.807, 2.05) is 25.1 Å². The third-order valence-electron chi connectivity index (χ3n) is 2.75. The van der Waals surface area contributed by atoms with Crippen LogP contribution in [0.2, 0.25) is 0 Å². The van der Waals surface area contributed by atoms with Gasteiger partial charge < -0.3 is 10.1 Å². The maximum absolute atomic E-state index is 11.0. The van der Waals surface area contributed by atoms with Crippen molar-refractivity contribution < 1.29 is 9.66 Å². The molecule has 2 aromatic rings. The van der Waals surface area contributed by atoms with Crippen LogP contribution in [0.5, 0.6) is 11.5 Å². The lowest BCUT2D eigenvalue weighted by Crippen LogP contribution is -2.01. The van der Waals surface area contributed by atoms with Crippen molar-refractivity contribution >= 4 is 27.3 Å². The summed E-state index contributed by atoms with van der Waals surface area (Å²) in [5, 5.41) is 14.1. The van der Waals surface area contributed by atoms with Gasteiger partial charge in [-0.15, -0.1) is 0 Å². The van der Waals surface area contributed by atoms with E-state index in [0.717, 1.165) is 17.4 Å².